The fraction of sp³-hybridized carbons (Fsp3) is 0.250. The fourth-order valence-corrected chi connectivity index (χ4v) is 1.21. The van der Waals surface area contributed by atoms with Gasteiger partial charge in [-0.1, -0.05) is 0 Å². The molecule has 0 aliphatic heterocycles. The molecule has 2 aromatic rings. The Bertz CT molecular complexity index is 479. The number of rotatable bonds is 1. The van der Waals surface area contributed by atoms with Crippen molar-refractivity contribution in [2.45, 2.75) is 13.3 Å². The number of hydrogen-bond donors (Lipinski definition) is 0. The molecule has 0 aliphatic rings. The van der Waals surface area contributed by atoms with Crippen LogP contribution in [0.15, 0.2) is 12.4 Å². The van der Waals surface area contributed by atoms with Crippen molar-refractivity contribution < 1.29 is 0 Å². The van der Waals surface area contributed by atoms with Crippen molar-refractivity contribution in [3.63, 3.8) is 0 Å². The van der Waals surface area contributed by atoms with Crippen LogP contribution in [0.5, 0.6) is 0 Å². The van der Waals surface area contributed by atoms with E-state index in [9.17, 15) is 0 Å². The van der Waals surface area contributed by atoms with Gasteiger partial charge in [-0.2, -0.15) is 15.3 Å². The van der Waals surface area contributed by atoms with E-state index in [2.05, 4.69) is 21.1 Å². The summed E-state index contributed by atoms with van der Waals surface area (Å²) < 4.78 is 1.58. The lowest BCUT2D eigenvalue weighted by molar-refractivity contribution is 0.864. The second-order valence-corrected chi connectivity index (χ2v) is 2.70. The molecule has 5 heteroatoms. The van der Waals surface area contributed by atoms with Crippen molar-refractivity contribution >= 4 is 5.78 Å². The van der Waals surface area contributed by atoms with Gasteiger partial charge >= 0.3 is 0 Å². The van der Waals surface area contributed by atoms with E-state index in [1.807, 2.05) is 13.0 Å². The summed E-state index contributed by atoms with van der Waals surface area (Å²) in [6, 6.07) is 3.91. The molecule has 0 saturated heterocycles. The molecular weight excluding hydrogens is 166 g/mol. The standard InChI is InChI=1S/C8H7N5/c1-6-4-7(2-3-9)13-8(12-6)10-5-11-13/h4-5H,2H2,1H3. The molecule has 0 bridgehead atoms. The number of aryl methyl sites for hydroxylation is 1. The Kier molecular flexibility index (Phi) is 1.67. The van der Waals surface area contributed by atoms with Gasteiger partial charge in [-0.05, 0) is 13.0 Å². The highest BCUT2D eigenvalue weighted by Gasteiger charge is 2.03. The third-order valence-electron chi connectivity index (χ3n) is 1.71. The van der Waals surface area contributed by atoms with Crippen LogP contribution in [0.1, 0.15) is 11.4 Å². The maximum atomic E-state index is 8.58. The maximum absolute atomic E-state index is 8.58. The Morgan fingerprint density at radius 1 is 1.62 bits per heavy atom. The molecule has 0 radical (unpaired) electrons. The van der Waals surface area contributed by atoms with E-state index < -0.39 is 0 Å². The molecule has 0 atom stereocenters. The Hall–Kier alpha value is -1.96. The van der Waals surface area contributed by atoms with Crippen LogP contribution in [-0.2, 0) is 6.42 Å². The SMILES string of the molecule is Cc1cc(CC#N)n2ncnc2n1. The van der Waals surface area contributed by atoms with Gasteiger partial charge in [-0.15, -0.1) is 0 Å². The maximum Gasteiger partial charge on any atom is 0.252 e. The van der Waals surface area contributed by atoms with E-state index in [1.54, 1.807) is 4.52 Å². The Morgan fingerprint density at radius 2 is 2.46 bits per heavy atom. The third-order valence-corrected chi connectivity index (χ3v) is 1.71. The lowest BCUT2D eigenvalue weighted by Crippen LogP contribution is -2.01. The first-order valence-electron chi connectivity index (χ1n) is 3.84. The minimum absolute atomic E-state index is 0.323. The number of hydrogen-bond acceptors (Lipinski definition) is 4. The molecule has 0 aromatic carbocycles. The summed E-state index contributed by atoms with van der Waals surface area (Å²) in [6.45, 7) is 1.87. The summed E-state index contributed by atoms with van der Waals surface area (Å²) >= 11 is 0. The average molecular weight is 173 g/mol. The number of nitriles is 1. The summed E-state index contributed by atoms with van der Waals surface area (Å²) in [5.41, 5.74) is 1.67. The topological polar surface area (TPSA) is 66.9 Å². The van der Waals surface area contributed by atoms with Crippen molar-refractivity contribution in [3.8, 4) is 6.07 Å². The Morgan fingerprint density at radius 3 is 3.23 bits per heavy atom. The van der Waals surface area contributed by atoms with Crippen molar-refractivity contribution in [2.24, 2.45) is 0 Å². The normalized spacial score (nSPS) is 10.2. The third kappa shape index (κ3) is 1.22. The smallest absolute Gasteiger partial charge is 0.216 e. The van der Waals surface area contributed by atoms with Gasteiger partial charge in [0, 0.05) is 5.69 Å². The highest BCUT2D eigenvalue weighted by atomic mass is 15.3. The Labute approximate surface area is 74.7 Å². The average Bonchev–Trinajstić information content (AvgIpc) is 2.52. The second-order valence-electron chi connectivity index (χ2n) is 2.70. The molecule has 64 valence electrons. The fourth-order valence-electron chi connectivity index (χ4n) is 1.21. The van der Waals surface area contributed by atoms with Gasteiger partial charge < -0.3 is 0 Å². The second kappa shape index (κ2) is 2.83. The van der Waals surface area contributed by atoms with Crippen LogP contribution in [-0.4, -0.2) is 19.6 Å². The first-order valence-corrected chi connectivity index (χ1v) is 3.84. The minimum Gasteiger partial charge on any atom is -0.216 e. The number of nitrogens with zero attached hydrogens (tertiary/aromatic N) is 5. The van der Waals surface area contributed by atoms with Crippen LogP contribution < -0.4 is 0 Å². The highest BCUT2D eigenvalue weighted by molar-refractivity contribution is 5.30. The molecule has 0 N–H and O–H groups in total. The van der Waals surface area contributed by atoms with Crippen LogP contribution in [0.4, 0.5) is 0 Å². The quantitative estimate of drug-likeness (QED) is 0.629. The van der Waals surface area contributed by atoms with Gasteiger partial charge in [0.05, 0.1) is 18.2 Å². The zero-order chi connectivity index (χ0) is 9.26. The van der Waals surface area contributed by atoms with Crippen LogP contribution in [0.25, 0.3) is 5.78 Å². The van der Waals surface area contributed by atoms with Gasteiger partial charge in [0.15, 0.2) is 0 Å². The monoisotopic (exact) mass is 173 g/mol. The molecule has 0 unspecified atom stereocenters. The van der Waals surface area contributed by atoms with Gasteiger partial charge in [-0.3, -0.25) is 0 Å². The van der Waals surface area contributed by atoms with Crippen LogP contribution in [0, 0.1) is 18.3 Å². The molecule has 0 saturated carbocycles. The molecule has 0 aliphatic carbocycles. The van der Waals surface area contributed by atoms with Gasteiger partial charge in [0.1, 0.15) is 6.33 Å². The van der Waals surface area contributed by atoms with Crippen molar-refractivity contribution in [1.29, 1.82) is 5.26 Å². The summed E-state index contributed by atoms with van der Waals surface area (Å²) in [5.74, 6) is 0.547. The summed E-state index contributed by atoms with van der Waals surface area (Å²) in [6.07, 6.45) is 1.76. The number of fused-ring (bicyclic) bond motifs is 1. The Balaban J connectivity index is 2.71. The van der Waals surface area contributed by atoms with Crippen LogP contribution in [0.2, 0.25) is 0 Å². The molecular formula is C8H7N5. The molecule has 5 nitrogen and oxygen atoms in total. The van der Waals surface area contributed by atoms with Crippen LogP contribution in [0.3, 0.4) is 0 Å². The van der Waals surface area contributed by atoms with Crippen molar-refractivity contribution in [1.82, 2.24) is 19.6 Å². The first kappa shape index (κ1) is 7.68. The van der Waals surface area contributed by atoms with Gasteiger partial charge in [-0.25, -0.2) is 9.50 Å². The molecule has 2 heterocycles. The zero-order valence-electron chi connectivity index (χ0n) is 7.10. The van der Waals surface area contributed by atoms with E-state index in [1.165, 1.54) is 6.33 Å². The van der Waals surface area contributed by atoms with Crippen LogP contribution >= 0.6 is 0 Å². The predicted octanol–water partition coefficient (Wildman–Crippen LogP) is 0.499. The summed E-state index contributed by atoms with van der Waals surface area (Å²) in [7, 11) is 0. The first-order chi connectivity index (χ1) is 6.31. The van der Waals surface area contributed by atoms with Gasteiger partial charge in [0.2, 0.25) is 0 Å². The molecule has 0 spiro atoms. The van der Waals surface area contributed by atoms with E-state index >= 15 is 0 Å². The molecule has 0 amide bonds. The largest absolute Gasteiger partial charge is 0.252 e. The minimum atomic E-state index is 0.323. The molecule has 0 fully saturated rings. The van der Waals surface area contributed by atoms with Gasteiger partial charge in [0.25, 0.3) is 5.78 Å². The lowest BCUT2D eigenvalue weighted by Gasteiger charge is -1.99. The predicted molar refractivity (Wildman–Crippen MR) is 44.8 cm³/mol. The lowest BCUT2D eigenvalue weighted by atomic mass is 10.3. The van der Waals surface area contributed by atoms with Crippen molar-refractivity contribution in [3.05, 3.63) is 23.8 Å². The molecule has 2 rings (SSSR count). The molecule has 2 aromatic heterocycles. The zero-order valence-corrected chi connectivity index (χ0v) is 7.10. The van der Waals surface area contributed by atoms with E-state index in [-0.39, 0.29) is 0 Å². The van der Waals surface area contributed by atoms with E-state index in [0.29, 0.717) is 12.2 Å². The van der Waals surface area contributed by atoms with E-state index in [0.717, 1.165) is 11.4 Å². The summed E-state index contributed by atoms with van der Waals surface area (Å²) in [4.78, 5) is 8.11. The van der Waals surface area contributed by atoms with E-state index in [4.69, 9.17) is 5.26 Å². The highest BCUT2D eigenvalue weighted by Crippen LogP contribution is 2.04. The summed E-state index contributed by atoms with van der Waals surface area (Å²) in [5, 5.41) is 12.5. The molecule has 13 heavy (non-hydrogen) atoms. The van der Waals surface area contributed by atoms with Crippen molar-refractivity contribution in [2.75, 3.05) is 0 Å². The number of aromatic nitrogens is 4.